The second-order valence-electron chi connectivity index (χ2n) is 4.68. The Balaban J connectivity index is 1.62. The van der Waals surface area contributed by atoms with Gasteiger partial charge in [0.25, 0.3) is 11.9 Å². The zero-order valence-electron chi connectivity index (χ0n) is 10.8. The molecule has 0 aromatic carbocycles. The second-order valence-corrected chi connectivity index (χ2v) is 4.68. The van der Waals surface area contributed by atoms with Gasteiger partial charge in [0, 0.05) is 25.6 Å². The minimum Gasteiger partial charge on any atom is -0.382 e. The number of aromatic nitrogens is 2. The Kier molecular flexibility index (Phi) is 3.29. The quantitative estimate of drug-likeness (QED) is 0.719. The molecule has 0 radical (unpaired) electrons. The first kappa shape index (κ1) is 12.3. The van der Waals surface area contributed by atoms with Gasteiger partial charge in [0.15, 0.2) is 0 Å². The van der Waals surface area contributed by atoms with Gasteiger partial charge in [0.2, 0.25) is 5.89 Å². The van der Waals surface area contributed by atoms with Crippen LogP contribution in [-0.4, -0.2) is 41.6 Å². The van der Waals surface area contributed by atoms with Crippen molar-refractivity contribution in [2.75, 3.05) is 18.1 Å². The molecular weight excluding hydrogens is 248 g/mol. The number of hydrogen-bond donors (Lipinski definition) is 0. The number of ether oxygens (including phenoxy) is 1. The summed E-state index contributed by atoms with van der Waals surface area (Å²) in [5, 5.41) is 3.84. The van der Waals surface area contributed by atoms with Gasteiger partial charge < -0.3 is 9.26 Å². The third-order valence-corrected chi connectivity index (χ3v) is 3.20. The van der Waals surface area contributed by atoms with Crippen LogP contribution in [0.3, 0.4) is 0 Å². The molecule has 7 nitrogen and oxygen atoms in total. The molecule has 1 aliphatic carbocycles. The highest BCUT2D eigenvalue weighted by Gasteiger charge is 2.34. The second kappa shape index (κ2) is 5.08. The van der Waals surface area contributed by atoms with E-state index in [-0.39, 0.29) is 11.9 Å². The van der Waals surface area contributed by atoms with E-state index in [0.717, 1.165) is 12.8 Å². The highest BCUT2D eigenvalue weighted by Crippen LogP contribution is 2.39. The molecule has 1 aliphatic heterocycles. The number of aliphatic imine (C=N–C) groups is 1. The van der Waals surface area contributed by atoms with Crippen LogP contribution in [0.25, 0.3) is 0 Å². The third-order valence-electron chi connectivity index (χ3n) is 3.20. The molecule has 0 bridgehead atoms. The van der Waals surface area contributed by atoms with Gasteiger partial charge in [-0.25, -0.2) is 4.90 Å². The van der Waals surface area contributed by atoms with Crippen LogP contribution in [-0.2, 0) is 9.53 Å². The van der Waals surface area contributed by atoms with Crippen molar-refractivity contribution in [3.63, 3.8) is 0 Å². The molecule has 2 heterocycles. The molecule has 1 fully saturated rings. The monoisotopic (exact) mass is 264 g/mol. The van der Waals surface area contributed by atoms with E-state index in [1.54, 1.807) is 0 Å². The molecule has 1 amide bonds. The summed E-state index contributed by atoms with van der Waals surface area (Å²) in [5.41, 5.74) is 0. The molecule has 1 aromatic heterocycles. The summed E-state index contributed by atoms with van der Waals surface area (Å²) in [4.78, 5) is 21.9. The average molecular weight is 264 g/mol. The molecule has 1 saturated carbocycles. The fourth-order valence-corrected chi connectivity index (χ4v) is 1.94. The van der Waals surface area contributed by atoms with Crippen molar-refractivity contribution in [2.24, 2.45) is 4.99 Å². The number of anilines is 1. The standard InChI is InChI=1S/C12H16N4O3/c1-2-18-6-5-9-11(17)16(7-13-9)12-14-10(19-15-12)8-3-4-8/h7-9H,2-6H2,1H3. The van der Waals surface area contributed by atoms with E-state index in [1.807, 2.05) is 6.92 Å². The number of carbonyl (C=O) groups is 1. The zero-order valence-corrected chi connectivity index (χ0v) is 10.8. The maximum absolute atomic E-state index is 12.1. The molecule has 7 heteroatoms. The van der Waals surface area contributed by atoms with Gasteiger partial charge in [0.05, 0.1) is 0 Å². The van der Waals surface area contributed by atoms with Gasteiger partial charge in [-0.15, -0.1) is 0 Å². The summed E-state index contributed by atoms with van der Waals surface area (Å²) in [5.74, 6) is 1.16. The van der Waals surface area contributed by atoms with E-state index in [0.29, 0.717) is 31.4 Å². The molecule has 0 N–H and O–H groups in total. The molecule has 0 saturated heterocycles. The first-order valence-corrected chi connectivity index (χ1v) is 6.57. The lowest BCUT2D eigenvalue weighted by molar-refractivity contribution is -0.118. The molecule has 1 unspecified atom stereocenters. The molecule has 102 valence electrons. The van der Waals surface area contributed by atoms with Gasteiger partial charge in [-0.3, -0.25) is 9.79 Å². The van der Waals surface area contributed by atoms with Crippen molar-refractivity contribution in [2.45, 2.75) is 38.1 Å². The van der Waals surface area contributed by atoms with Gasteiger partial charge >= 0.3 is 0 Å². The topological polar surface area (TPSA) is 80.8 Å². The van der Waals surface area contributed by atoms with Crippen molar-refractivity contribution in [1.29, 1.82) is 0 Å². The van der Waals surface area contributed by atoms with Crippen molar-refractivity contribution in [1.82, 2.24) is 10.1 Å². The number of rotatable bonds is 6. The van der Waals surface area contributed by atoms with Crippen molar-refractivity contribution < 1.29 is 14.1 Å². The summed E-state index contributed by atoms with van der Waals surface area (Å²) in [6.45, 7) is 3.09. The maximum atomic E-state index is 12.1. The van der Waals surface area contributed by atoms with Gasteiger partial charge in [0.1, 0.15) is 12.4 Å². The minimum absolute atomic E-state index is 0.122. The van der Waals surface area contributed by atoms with Crippen LogP contribution >= 0.6 is 0 Å². The number of carbonyl (C=O) groups excluding carboxylic acids is 1. The Morgan fingerprint density at radius 3 is 3.11 bits per heavy atom. The summed E-state index contributed by atoms with van der Waals surface area (Å²) in [7, 11) is 0. The van der Waals surface area contributed by atoms with Crippen LogP contribution in [0.4, 0.5) is 5.95 Å². The number of nitrogens with zero attached hydrogens (tertiary/aromatic N) is 4. The molecule has 3 rings (SSSR count). The minimum atomic E-state index is -0.394. The van der Waals surface area contributed by atoms with E-state index >= 15 is 0 Å². The molecule has 0 spiro atoms. The molecular formula is C12H16N4O3. The van der Waals surface area contributed by atoms with Crippen LogP contribution in [0, 0.1) is 0 Å². The Bertz CT molecular complexity index is 495. The smallest absolute Gasteiger partial charge is 0.278 e. The third kappa shape index (κ3) is 2.51. The van der Waals surface area contributed by atoms with Crippen molar-refractivity contribution >= 4 is 18.2 Å². The van der Waals surface area contributed by atoms with E-state index < -0.39 is 6.04 Å². The lowest BCUT2D eigenvalue weighted by Gasteiger charge is -2.09. The molecule has 1 atom stereocenters. The van der Waals surface area contributed by atoms with Crippen LogP contribution in [0.15, 0.2) is 9.52 Å². The molecule has 2 aliphatic rings. The van der Waals surface area contributed by atoms with Crippen LogP contribution in [0.1, 0.15) is 38.0 Å². The van der Waals surface area contributed by atoms with Crippen molar-refractivity contribution in [3.8, 4) is 0 Å². The summed E-state index contributed by atoms with van der Waals surface area (Å²) >= 11 is 0. The highest BCUT2D eigenvalue weighted by molar-refractivity contribution is 6.13. The molecule has 19 heavy (non-hydrogen) atoms. The Hall–Kier alpha value is -1.76. The highest BCUT2D eigenvalue weighted by atomic mass is 16.5. The van der Waals surface area contributed by atoms with Crippen LogP contribution < -0.4 is 4.90 Å². The summed E-state index contributed by atoms with van der Waals surface area (Å²) < 4.78 is 10.4. The predicted molar refractivity (Wildman–Crippen MR) is 67.1 cm³/mol. The van der Waals surface area contributed by atoms with E-state index in [9.17, 15) is 4.79 Å². The Morgan fingerprint density at radius 2 is 2.37 bits per heavy atom. The maximum Gasteiger partial charge on any atom is 0.278 e. The molecule has 1 aromatic rings. The lowest BCUT2D eigenvalue weighted by atomic mass is 10.2. The van der Waals surface area contributed by atoms with Crippen LogP contribution in [0.2, 0.25) is 0 Å². The van der Waals surface area contributed by atoms with E-state index in [1.165, 1.54) is 11.2 Å². The van der Waals surface area contributed by atoms with Gasteiger partial charge in [-0.2, -0.15) is 4.98 Å². The Labute approximate surface area is 110 Å². The van der Waals surface area contributed by atoms with E-state index in [2.05, 4.69) is 15.1 Å². The van der Waals surface area contributed by atoms with Crippen molar-refractivity contribution in [3.05, 3.63) is 5.89 Å². The first-order valence-electron chi connectivity index (χ1n) is 6.57. The predicted octanol–water partition coefficient (Wildman–Crippen LogP) is 1.12. The normalized spacial score (nSPS) is 22.5. The Morgan fingerprint density at radius 1 is 1.53 bits per heavy atom. The fraction of sp³-hybridized carbons (Fsp3) is 0.667. The first-order chi connectivity index (χ1) is 9.29. The lowest BCUT2D eigenvalue weighted by Crippen LogP contribution is -2.32. The van der Waals surface area contributed by atoms with Crippen LogP contribution in [0.5, 0.6) is 0 Å². The summed E-state index contributed by atoms with van der Waals surface area (Å²) in [6.07, 6.45) is 4.22. The summed E-state index contributed by atoms with van der Waals surface area (Å²) in [6, 6.07) is -0.394. The van der Waals surface area contributed by atoms with Gasteiger partial charge in [-0.1, -0.05) is 0 Å². The average Bonchev–Trinajstić information content (AvgIpc) is 3.04. The zero-order chi connectivity index (χ0) is 13.2. The number of amides is 1. The van der Waals surface area contributed by atoms with Gasteiger partial charge in [-0.05, 0) is 24.9 Å². The SMILES string of the molecule is CCOCCC1N=CN(c2noc(C3CC3)n2)C1=O. The van der Waals surface area contributed by atoms with E-state index in [4.69, 9.17) is 9.26 Å². The number of hydrogen-bond acceptors (Lipinski definition) is 6. The largest absolute Gasteiger partial charge is 0.382 e. The fourth-order valence-electron chi connectivity index (χ4n) is 1.94.